The Kier molecular flexibility index (Phi) is 3.57. The van der Waals surface area contributed by atoms with Gasteiger partial charge in [0.1, 0.15) is 0 Å². The molecule has 1 rings (SSSR count). The van der Waals surface area contributed by atoms with Crippen molar-refractivity contribution in [3.05, 3.63) is 27.7 Å². The van der Waals surface area contributed by atoms with Gasteiger partial charge in [-0.2, -0.15) is 0 Å². The van der Waals surface area contributed by atoms with E-state index in [1.165, 1.54) is 29.5 Å². The number of hydrogen-bond donors (Lipinski definition) is 0. The molecule has 13 heavy (non-hydrogen) atoms. The normalized spacial score (nSPS) is 9.85. The van der Waals surface area contributed by atoms with Crippen LogP contribution in [0.25, 0.3) is 0 Å². The Balaban J connectivity index is 3.23. The first-order chi connectivity index (χ1) is 6.06. The molecular weight excluding hydrogens is 295 g/mol. The third-order valence-electron chi connectivity index (χ3n) is 1.76. The van der Waals surface area contributed by atoms with Gasteiger partial charge in [0.2, 0.25) is 0 Å². The van der Waals surface area contributed by atoms with Crippen LogP contribution in [0.2, 0.25) is 0 Å². The summed E-state index contributed by atoms with van der Waals surface area (Å²) in [6, 6.07) is 3.79. The summed E-state index contributed by atoms with van der Waals surface area (Å²) in [7, 11) is 1.38. The van der Waals surface area contributed by atoms with E-state index < -0.39 is 0 Å². The number of carbonyl (C=O) groups excluding carboxylic acids is 1. The second-order valence-electron chi connectivity index (χ2n) is 2.68. The molecule has 0 bridgehead atoms. The van der Waals surface area contributed by atoms with Crippen molar-refractivity contribution in [2.24, 2.45) is 0 Å². The van der Waals surface area contributed by atoms with Gasteiger partial charge < -0.3 is 0 Å². The molecule has 0 amide bonds. The zero-order valence-electron chi connectivity index (χ0n) is 7.43. The average Bonchev–Trinajstić information content (AvgIpc) is 2.10. The van der Waals surface area contributed by atoms with Gasteiger partial charge in [-0.05, 0) is 0 Å². The molecule has 0 aliphatic rings. The van der Waals surface area contributed by atoms with Gasteiger partial charge in [0.05, 0.1) is 0 Å². The summed E-state index contributed by atoms with van der Waals surface area (Å²) < 4.78 is 6.59. The van der Waals surface area contributed by atoms with Gasteiger partial charge in [-0.15, -0.1) is 0 Å². The number of ether oxygens (including phenoxy) is 1. The molecule has 0 aliphatic heterocycles. The fraction of sp³-hybridized carbons (Fsp3) is 0.222. The van der Waals surface area contributed by atoms with Crippen LogP contribution >= 0.6 is 15.9 Å². The first kappa shape index (κ1) is 10.8. The van der Waals surface area contributed by atoms with Crippen molar-refractivity contribution < 1.29 is 9.53 Å². The number of halogens is 1. The van der Waals surface area contributed by atoms with Crippen LogP contribution in [0.15, 0.2) is 16.6 Å². The summed E-state index contributed by atoms with van der Waals surface area (Å²) in [5, 5.41) is 0. The molecule has 4 heteroatoms. The Morgan fingerprint density at radius 2 is 2.15 bits per heavy atom. The minimum absolute atomic E-state index is 0.300. The quantitative estimate of drug-likeness (QED) is 0.567. The molecule has 0 saturated heterocycles. The summed E-state index contributed by atoms with van der Waals surface area (Å²) in [6.07, 6.45) is 0. The SMILES string of the molecule is COC(=O)c1cc([AsH2])c(C)cc1Br. The molecule has 70 valence electrons. The Morgan fingerprint density at radius 3 is 2.69 bits per heavy atom. The van der Waals surface area contributed by atoms with Gasteiger partial charge in [-0.1, -0.05) is 0 Å². The molecule has 0 saturated carbocycles. The standard InChI is InChI=1S/C9H10AsBrO2/c1-5-3-8(11)6(4-7(5)10)9(12)13-2/h3-4H,10H2,1-2H3. The molecule has 0 spiro atoms. The van der Waals surface area contributed by atoms with E-state index in [4.69, 9.17) is 0 Å². The van der Waals surface area contributed by atoms with E-state index in [9.17, 15) is 4.79 Å². The predicted octanol–water partition coefficient (Wildman–Crippen LogP) is 0.803. The molecule has 1 aromatic rings. The fourth-order valence-electron chi connectivity index (χ4n) is 0.956. The molecule has 0 radical (unpaired) electrons. The number of methoxy groups -OCH3 is 1. The van der Waals surface area contributed by atoms with Gasteiger partial charge in [0.15, 0.2) is 0 Å². The van der Waals surface area contributed by atoms with E-state index in [2.05, 4.69) is 20.7 Å². The van der Waals surface area contributed by atoms with Crippen molar-refractivity contribution in [3.8, 4) is 0 Å². The summed E-state index contributed by atoms with van der Waals surface area (Å²) >= 11 is 4.83. The maximum atomic E-state index is 11.3. The van der Waals surface area contributed by atoms with Crippen LogP contribution in [0.3, 0.4) is 0 Å². The molecule has 2 nitrogen and oxygen atoms in total. The molecule has 1 aromatic carbocycles. The molecule has 1 atom stereocenters. The Hall–Kier alpha value is -0.272. The van der Waals surface area contributed by atoms with Crippen molar-refractivity contribution in [1.29, 1.82) is 0 Å². The molecule has 0 N–H and O–H groups in total. The first-order valence-corrected chi connectivity index (χ1v) is 5.70. The summed E-state index contributed by atoms with van der Waals surface area (Å²) in [4.78, 5) is 11.3. The monoisotopic (exact) mass is 304 g/mol. The van der Waals surface area contributed by atoms with Crippen LogP contribution in [-0.4, -0.2) is 29.9 Å². The van der Waals surface area contributed by atoms with Gasteiger partial charge in [-0.25, -0.2) is 0 Å². The van der Waals surface area contributed by atoms with Gasteiger partial charge in [0, 0.05) is 0 Å². The Morgan fingerprint density at radius 1 is 1.54 bits per heavy atom. The van der Waals surface area contributed by atoms with Crippen molar-refractivity contribution in [1.82, 2.24) is 0 Å². The molecule has 0 aliphatic carbocycles. The van der Waals surface area contributed by atoms with Gasteiger partial charge in [-0.3, -0.25) is 0 Å². The van der Waals surface area contributed by atoms with Crippen molar-refractivity contribution in [2.45, 2.75) is 6.92 Å². The summed E-state index contributed by atoms with van der Waals surface area (Å²) in [6.45, 7) is 2.02. The number of hydrogen-bond acceptors (Lipinski definition) is 2. The third kappa shape index (κ3) is 2.35. The molecule has 1 unspecified atom stereocenters. The average molecular weight is 305 g/mol. The van der Waals surface area contributed by atoms with E-state index in [1.807, 2.05) is 19.1 Å². The Bertz CT molecular complexity index is 350. The minimum atomic E-state index is -0.300. The van der Waals surface area contributed by atoms with Crippen LogP contribution < -0.4 is 4.35 Å². The van der Waals surface area contributed by atoms with Crippen molar-refractivity contribution in [3.63, 3.8) is 0 Å². The number of esters is 1. The van der Waals surface area contributed by atoms with Gasteiger partial charge >= 0.3 is 94.4 Å². The second-order valence-corrected chi connectivity index (χ2v) is 4.84. The predicted molar refractivity (Wildman–Crippen MR) is 58.4 cm³/mol. The Labute approximate surface area is 94.3 Å². The van der Waals surface area contributed by atoms with E-state index in [0.29, 0.717) is 5.56 Å². The second kappa shape index (κ2) is 4.30. The zero-order valence-corrected chi connectivity index (χ0v) is 11.4. The zero-order chi connectivity index (χ0) is 10.0. The molecule has 0 aromatic heterocycles. The van der Waals surface area contributed by atoms with E-state index in [1.54, 1.807) is 0 Å². The van der Waals surface area contributed by atoms with E-state index in [0.717, 1.165) is 8.82 Å². The van der Waals surface area contributed by atoms with Crippen LogP contribution in [0.5, 0.6) is 0 Å². The first-order valence-electron chi connectivity index (χ1n) is 3.70. The van der Waals surface area contributed by atoms with Crippen molar-refractivity contribution in [2.75, 3.05) is 7.11 Å². The number of carbonyl (C=O) groups is 1. The third-order valence-corrected chi connectivity index (χ3v) is 3.72. The number of rotatable bonds is 1. The molecular formula is C9H10AsBrO2. The van der Waals surface area contributed by atoms with Gasteiger partial charge in [0.25, 0.3) is 0 Å². The van der Waals surface area contributed by atoms with Crippen LogP contribution in [-0.2, 0) is 4.74 Å². The number of aryl methyl sites for hydroxylation is 1. The maximum absolute atomic E-state index is 11.3. The van der Waals surface area contributed by atoms with Crippen LogP contribution in [0.1, 0.15) is 15.9 Å². The van der Waals surface area contributed by atoms with Crippen LogP contribution in [0.4, 0.5) is 0 Å². The molecule has 0 fully saturated rings. The summed E-state index contributed by atoms with van der Waals surface area (Å²) in [5.41, 5.74) is 1.77. The van der Waals surface area contributed by atoms with E-state index >= 15 is 0 Å². The topological polar surface area (TPSA) is 26.3 Å². The summed E-state index contributed by atoms with van der Waals surface area (Å²) in [5.74, 6) is -0.300. The molecule has 0 heterocycles. The van der Waals surface area contributed by atoms with E-state index in [-0.39, 0.29) is 5.97 Å². The number of benzene rings is 1. The van der Waals surface area contributed by atoms with Crippen LogP contribution in [0, 0.1) is 6.92 Å². The van der Waals surface area contributed by atoms with Crippen molar-refractivity contribution >= 4 is 43.1 Å². The fourth-order valence-corrected chi connectivity index (χ4v) is 2.10.